The zero-order valence-corrected chi connectivity index (χ0v) is 12.7. The van der Waals surface area contributed by atoms with Crippen molar-refractivity contribution in [2.24, 2.45) is 0 Å². The van der Waals surface area contributed by atoms with Crippen molar-refractivity contribution in [1.82, 2.24) is 10.9 Å². The number of hydrogen-bond donors (Lipinski definition) is 2. The number of rotatable bonds is 2. The molecule has 0 atom stereocenters. The van der Waals surface area contributed by atoms with E-state index in [-0.39, 0.29) is 11.4 Å². The van der Waals surface area contributed by atoms with Gasteiger partial charge in [-0.1, -0.05) is 43.3 Å². The molecule has 21 heavy (non-hydrogen) atoms. The molecule has 2 N–H and O–H groups in total. The van der Waals surface area contributed by atoms with Gasteiger partial charge < -0.3 is 0 Å². The Morgan fingerprint density at radius 2 is 1.95 bits per heavy atom. The number of fused-ring (bicyclic) bond motifs is 1. The molecule has 0 aromatic heterocycles. The number of amides is 1. The van der Waals surface area contributed by atoms with Crippen molar-refractivity contribution in [3.63, 3.8) is 0 Å². The molecule has 0 spiro atoms. The maximum Gasteiger partial charge on any atom is 0.263 e. The minimum atomic E-state index is -0.361. The first-order chi connectivity index (χ1) is 10.0. The molecule has 0 radical (unpaired) electrons. The molecule has 2 aromatic rings. The predicted molar refractivity (Wildman–Crippen MR) is 86.7 cm³/mol. The molecule has 1 fully saturated rings. The molecular weight excluding hydrogens is 260 g/mol. The molecule has 3 nitrogen and oxygen atoms in total. The summed E-state index contributed by atoms with van der Waals surface area (Å²) in [4.78, 5) is 12.0. The van der Waals surface area contributed by atoms with Crippen LogP contribution in [0.15, 0.2) is 42.0 Å². The average Bonchev–Trinajstić information content (AvgIpc) is 2.74. The number of benzene rings is 2. The van der Waals surface area contributed by atoms with Gasteiger partial charge in [-0.15, -0.1) is 0 Å². The van der Waals surface area contributed by atoms with E-state index >= 15 is 0 Å². The highest BCUT2D eigenvalue weighted by Crippen LogP contribution is 2.28. The molecule has 0 unspecified atom stereocenters. The van der Waals surface area contributed by atoms with Crippen LogP contribution in [0.25, 0.3) is 16.8 Å². The highest BCUT2D eigenvalue weighted by molar-refractivity contribution is 6.04. The van der Waals surface area contributed by atoms with Gasteiger partial charge in [0.2, 0.25) is 0 Å². The van der Waals surface area contributed by atoms with Gasteiger partial charge in [-0.3, -0.25) is 10.2 Å². The van der Waals surface area contributed by atoms with Gasteiger partial charge >= 0.3 is 0 Å². The molecule has 0 saturated carbocycles. The molecule has 108 valence electrons. The smallest absolute Gasteiger partial charge is 0.263 e. The molecule has 1 aliphatic heterocycles. The Morgan fingerprint density at radius 3 is 2.62 bits per heavy atom. The van der Waals surface area contributed by atoms with E-state index in [1.807, 2.05) is 32.1 Å². The van der Waals surface area contributed by atoms with E-state index < -0.39 is 0 Å². The Balaban J connectivity index is 2.22. The standard InChI is InChI=1S/C18H20N2O/c1-4-12-9-13-7-5-6-8-15(13)14(10-12)11-16-17(21)19-20-18(16,2)3/h5-11,20H,4H2,1-3H3,(H,19,21)/b16-11+. The summed E-state index contributed by atoms with van der Waals surface area (Å²) in [6.45, 7) is 6.15. The number of nitrogens with one attached hydrogen (secondary N) is 2. The molecule has 1 aliphatic rings. The van der Waals surface area contributed by atoms with Crippen LogP contribution in [-0.4, -0.2) is 11.4 Å². The van der Waals surface area contributed by atoms with Gasteiger partial charge in [0.25, 0.3) is 5.91 Å². The molecule has 3 rings (SSSR count). The highest BCUT2D eigenvalue weighted by Gasteiger charge is 2.34. The van der Waals surface area contributed by atoms with Crippen molar-refractivity contribution in [2.75, 3.05) is 0 Å². The van der Waals surface area contributed by atoms with Crippen LogP contribution in [0, 0.1) is 0 Å². The first-order valence-corrected chi connectivity index (χ1v) is 7.32. The average molecular weight is 280 g/mol. The predicted octanol–water partition coefficient (Wildman–Crippen LogP) is 3.20. The minimum Gasteiger partial charge on any atom is -0.287 e. The number of hydrazine groups is 1. The lowest BCUT2D eigenvalue weighted by Crippen LogP contribution is -2.38. The van der Waals surface area contributed by atoms with E-state index in [0.29, 0.717) is 0 Å². The molecule has 0 aliphatic carbocycles. The Kier molecular flexibility index (Phi) is 3.30. The van der Waals surface area contributed by atoms with E-state index in [0.717, 1.165) is 17.6 Å². The summed E-state index contributed by atoms with van der Waals surface area (Å²) in [6, 6.07) is 12.7. The number of hydrogen-bond acceptors (Lipinski definition) is 2. The van der Waals surface area contributed by atoms with Crippen LogP contribution >= 0.6 is 0 Å². The molecule has 0 bridgehead atoms. The number of aryl methyl sites for hydroxylation is 1. The molecule has 1 heterocycles. The van der Waals surface area contributed by atoms with Crippen LogP contribution in [0.1, 0.15) is 31.9 Å². The van der Waals surface area contributed by atoms with Gasteiger partial charge in [-0.2, -0.15) is 0 Å². The van der Waals surface area contributed by atoms with Gasteiger partial charge in [0.15, 0.2) is 0 Å². The summed E-state index contributed by atoms with van der Waals surface area (Å²) in [6.07, 6.45) is 2.99. The topological polar surface area (TPSA) is 41.1 Å². The van der Waals surface area contributed by atoms with Crippen LogP contribution in [0.5, 0.6) is 0 Å². The number of carbonyl (C=O) groups is 1. The van der Waals surface area contributed by atoms with Crippen LogP contribution in [0.3, 0.4) is 0 Å². The monoisotopic (exact) mass is 280 g/mol. The largest absolute Gasteiger partial charge is 0.287 e. The van der Waals surface area contributed by atoms with Gasteiger partial charge in [0, 0.05) is 5.57 Å². The zero-order valence-electron chi connectivity index (χ0n) is 12.7. The lowest BCUT2D eigenvalue weighted by atomic mass is 9.91. The van der Waals surface area contributed by atoms with Gasteiger partial charge in [0.05, 0.1) is 5.54 Å². The van der Waals surface area contributed by atoms with Crippen molar-refractivity contribution >= 4 is 22.8 Å². The van der Waals surface area contributed by atoms with Crippen LogP contribution < -0.4 is 10.9 Å². The third-order valence-corrected chi connectivity index (χ3v) is 4.07. The molecule has 1 saturated heterocycles. The van der Waals surface area contributed by atoms with Crippen molar-refractivity contribution in [2.45, 2.75) is 32.7 Å². The van der Waals surface area contributed by atoms with E-state index in [1.165, 1.54) is 16.3 Å². The van der Waals surface area contributed by atoms with Crippen LogP contribution in [0.2, 0.25) is 0 Å². The van der Waals surface area contributed by atoms with Crippen molar-refractivity contribution in [3.05, 3.63) is 53.1 Å². The molecular formula is C18H20N2O. The fourth-order valence-electron chi connectivity index (χ4n) is 2.76. The highest BCUT2D eigenvalue weighted by atomic mass is 16.2. The van der Waals surface area contributed by atoms with Crippen molar-refractivity contribution in [3.8, 4) is 0 Å². The minimum absolute atomic E-state index is 0.0500. The summed E-state index contributed by atoms with van der Waals surface area (Å²) in [5, 5.41) is 2.39. The summed E-state index contributed by atoms with van der Waals surface area (Å²) >= 11 is 0. The van der Waals surface area contributed by atoms with Crippen LogP contribution in [0.4, 0.5) is 0 Å². The molecule has 1 amide bonds. The summed E-state index contributed by atoms with van der Waals surface area (Å²) in [7, 11) is 0. The van der Waals surface area contributed by atoms with Gasteiger partial charge in [-0.05, 0) is 48.2 Å². The Hall–Kier alpha value is -2.13. The summed E-state index contributed by atoms with van der Waals surface area (Å²) in [5.41, 5.74) is 8.51. The normalized spacial score (nSPS) is 19.2. The Morgan fingerprint density at radius 1 is 1.19 bits per heavy atom. The third-order valence-electron chi connectivity index (χ3n) is 4.07. The maximum atomic E-state index is 12.0. The third kappa shape index (κ3) is 2.45. The van der Waals surface area contributed by atoms with Gasteiger partial charge in [-0.25, -0.2) is 5.43 Å². The second kappa shape index (κ2) is 5.01. The Bertz CT molecular complexity index is 744. The van der Waals surface area contributed by atoms with E-state index in [4.69, 9.17) is 0 Å². The lowest BCUT2D eigenvalue weighted by Gasteiger charge is -2.17. The van der Waals surface area contributed by atoms with Crippen molar-refractivity contribution in [1.29, 1.82) is 0 Å². The van der Waals surface area contributed by atoms with E-state index in [9.17, 15) is 4.79 Å². The van der Waals surface area contributed by atoms with E-state index in [2.05, 4.69) is 42.0 Å². The second-order valence-electron chi connectivity index (χ2n) is 6.02. The first kappa shape index (κ1) is 13.8. The number of carbonyl (C=O) groups excluding carboxylic acids is 1. The molecule has 3 heteroatoms. The lowest BCUT2D eigenvalue weighted by molar-refractivity contribution is -0.116. The van der Waals surface area contributed by atoms with Gasteiger partial charge in [0.1, 0.15) is 0 Å². The van der Waals surface area contributed by atoms with E-state index in [1.54, 1.807) is 0 Å². The fourth-order valence-corrected chi connectivity index (χ4v) is 2.76. The second-order valence-corrected chi connectivity index (χ2v) is 6.02. The SMILES string of the molecule is CCc1cc(/C=C2\C(=O)NNC2(C)C)c2ccccc2c1. The maximum absolute atomic E-state index is 12.0. The quantitative estimate of drug-likeness (QED) is 0.829. The van der Waals surface area contributed by atoms with Crippen molar-refractivity contribution < 1.29 is 4.79 Å². The summed E-state index contributed by atoms with van der Waals surface area (Å²) in [5.74, 6) is -0.0500. The first-order valence-electron chi connectivity index (χ1n) is 7.32. The molecule has 2 aromatic carbocycles. The Labute approximate surface area is 125 Å². The summed E-state index contributed by atoms with van der Waals surface area (Å²) < 4.78 is 0. The fraction of sp³-hybridized carbons (Fsp3) is 0.278. The van der Waals surface area contributed by atoms with Crippen LogP contribution in [-0.2, 0) is 11.2 Å². The zero-order chi connectivity index (χ0) is 15.0.